The summed E-state index contributed by atoms with van der Waals surface area (Å²) in [5.74, 6) is -0.514. The topological polar surface area (TPSA) is 70.2 Å². The monoisotopic (exact) mass is 402 g/mol. The van der Waals surface area contributed by atoms with Crippen LogP contribution in [0.15, 0.2) is 43.2 Å². The predicted octanol–water partition coefficient (Wildman–Crippen LogP) is -1.09. The van der Waals surface area contributed by atoms with E-state index in [9.17, 15) is 0 Å². The highest BCUT2D eigenvalue weighted by atomic mass is 79.9. The number of hydrogen-bond acceptors (Lipinski definition) is 2. The Morgan fingerprint density at radius 3 is 2.29 bits per heavy atom. The van der Waals surface area contributed by atoms with Crippen LogP contribution >= 0.6 is 0 Å². The number of carbonyl (C=O) groups is 1. The number of aryl methyl sites for hydroxylation is 3. The first-order valence-electron chi connectivity index (χ1n) is 7.77. The maximum Gasteiger partial charge on any atom is 0.300 e. The van der Waals surface area contributed by atoms with Crippen LogP contribution in [-0.4, -0.2) is 20.7 Å². The molecule has 136 valence electrons. The van der Waals surface area contributed by atoms with Crippen molar-refractivity contribution in [3.05, 3.63) is 43.2 Å². The van der Waals surface area contributed by atoms with Crippen molar-refractivity contribution in [1.29, 1.82) is 0 Å². The van der Waals surface area contributed by atoms with Crippen molar-refractivity contribution in [2.75, 3.05) is 0 Å². The highest BCUT2D eigenvalue weighted by Gasteiger charge is 1.96. The number of hydrogen-bond donors (Lipinski definition) is 2. The average molecular weight is 403 g/mol. The van der Waals surface area contributed by atoms with Crippen molar-refractivity contribution in [3.8, 4) is 5.75 Å². The minimum Gasteiger partial charge on any atom is -1.00 e. The molecular formula is C17H29BrN3O3+. The fourth-order valence-corrected chi connectivity index (χ4v) is 1.68. The molecule has 0 saturated carbocycles. The van der Waals surface area contributed by atoms with E-state index in [2.05, 4.69) is 34.8 Å². The van der Waals surface area contributed by atoms with E-state index in [1.54, 1.807) is 12.3 Å². The van der Waals surface area contributed by atoms with E-state index in [1.165, 1.54) is 12.8 Å². The number of halogens is 1. The second-order valence-corrected chi connectivity index (χ2v) is 5.08. The molecule has 2 N–H and O–H groups in total. The molecule has 0 aliphatic carbocycles. The van der Waals surface area contributed by atoms with E-state index in [0.717, 1.165) is 20.0 Å². The molecule has 2 aromatic rings. The Morgan fingerprint density at radius 2 is 1.92 bits per heavy atom. The third-order valence-corrected chi connectivity index (χ3v) is 2.80. The molecule has 0 spiro atoms. The zero-order chi connectivity index (χ0) is 17.7. The number of aromatic hydroxyl groups is 1. The molecule has 6 nitrogen and oxygen atoms in total. The van der Waals surface area contributed by atoms with Crippen molar-refractivity contribution in [2.24, 2.45) is 7.05 Å². The summed E-state index contributed by atoms with van der Waals surface area (Å²) in [5.41, 5.74) is 0. The van der Waals surface area contributed by atoms with Gasteiger partial charge in [0.15, 0.2) is 11.9 Å². The molecular weight excluding hydrogens is 374 g/mol. The molecule has 2 heterocycles. The third-order valence-electron chi connectivity index (χ3n) is 2.80. The lowest BCUT2D eigenvalue weighted by Crippen LogP contribution is -3.00. The molecule has 7 heteroatoms. The van der Waals surface area contributed by atoms with Gasteiger partial charge in [-0.15, -0.1) is 0 Å². The maximum atomic E-state index is 9.00. The Kier molecular flexibility index (Phi) is 14.9. The molecule has 24 heavy (non-hydrogen) atoms. The lowest BCUT2D eigenvalue weighted by molar-refractivity contribution is -0.693. The van der Waals surface area contributed by atoms with Gasteiger partial charge in [0.2, 0.25) is 12.5 Å². The third kappa shape index (κ3) is 13.8. The van der Waals surface area contributed by atoms with E-state index in [-0.39, 0.29) is 17.0 Å². The Balaban J connectivity index is 0. The summed E-state index contributed by atoms with van der Waals surface area (Å²) in [6.07, 6.45) is 12.4. The van der Waals surface area contributed by atoms with Crippen molar-refractivity contribution in [2.45, 2.75) is 46.7 Å². The fraction of sp³-hybridized carbons (Fsp3) is 0.471. The number of aromatic nitrogens is 3. The van der Waals surface area contributed by atoms with Crippen LogP contribution in [0.1, 0.15) is 33.6 Å². The van der Waals surface area contributed by atoms with Gasteiger partial charge in [0.05, 0.1) is 13.6 Å². The van der Waals surface area contributed by atoms with Crippen LogP contribution in [-0.2, 0) is 24.9 Å². The average Bonchev–Trinajstić information content (AvgIpc) is 2.91. The summed E-state index contributed by atoms with van der Waals surface area (Å²) in [7, 11) is 2.04. The maximum absolute atomic E-state index is 9.00. The number of unbranched alkanes of at least 4 members (excludes halogenated alkanes) is 1. The lowest BCUT2D eigenvalue weighted by Gasteiger charge is -1.90. The first kappa shape index (κ1) is 24.4. The number of imidazole rings is 1. The van der Waals surface area contributed by atoms with E-state index in [0.29, 0.717) is 5.75 Å². The van der Waals surface area contributed by atoms with Gasteiger partial charge in [0.1, 0.15) is 18.9 Å². The SMILES string of the molecule is CC(=O)O.CCCCn1cc[n+](C)c1.CC[n+]1cccc(O)c1.[Br-]. The van der Waals surface area contributed by atoms with Crippen LogP contribution in [0.2, 0.25) is 0 Å². The largest absolute Gasteiger partial charge is 1.00 e. The normalized spacial score (nSPS) is 8.83. The van der Waals surface area contributed by atoms with Crippen LogP contribution in [0.25, 0.3) is 0 Å². The van der Waals surface area contributed by atoms with E-state index in [1.807, 2.05) is 30.8 Å². The number of pyridine rings is 1. The van der Waals surface area contributed by atoms with Gasteiger partial charge in [0.25, 0.3) is 5.97 Å². The van der Waals surface area contributed by atoms with E-state index in [4.69, 9.17) is 15.0 Å². The van der Waals surface area contributed by atoms with Crippen LogP contribution < -0.4 is 26.1 Å². The van der Waals surface area contributed by atoms with Crippen LogP contribution in [0, 0.1) is 0 Å². The smallest absolute Gasteiger partial charge is 0.300 e. The van der Waals surface area contributed by atoms with Crippen LogP contribution in [0.3, 0.4) is 0 Å². The Labute approximate surface area is 154 Å². The van der Waals surface area contributed by atoms with Crippen LogP contribution in [0.4, 0.5) is 0 Å². The van der Waals surface area contributed by atoms with E-state index >= 15 is 0 Å². The van der Waals surface area contributed by atoms with Gasteiger partial charge in [-0.05, 0) is 19.4 Å². The first-order chi connectivity index (χ1) is 10.9. The summed E-state index contributed by atoms with van der Waals surface area (Å²) < 4.78 is 6.19. The molecule has 2 rings (SSSR count). The van der Waals surface area contributed by atoms with Gasteiger partial charge < -0.3 is 27.2 Å². The van der Waals surface area contributed by atoms with Crippen molar-refractivity contribution < 1.29 is 41.1 Å². The summed E-state index contributed by atoms with van der Waals surface area (Å²) in [6.45, 7) is 7.37. The van der Waals surface area contributed by atoms with Gasteiger partial charge in [-0.25, -0.2) is 13.7 Å². The Morgan fingerprint density at radius 1 is 1.29 bits per heavy atom. The molecule has 2 aromatic heterocycles. The molecule has 0 aliphatic rings. The Bertz CT molecular complexity index is 570. The second-order valence-electron chi connectivity index (χ2n) is 5.08. The van der Waals surface area contributed by atoms with Gasteiger partial charge in [-0.1, -0.05) is 13.3 Å². The molecule has 0 unspecified atom stereocenters. The molecule has 0 aliphatic heterocycles. The quantitative estimate of drug-likeness (QED) is 0.638. The molecule has 0 atom stereocenters. The summed E-state index contributed by atoms with van der Waals surface area (Å²) >= 11 is 0. The van der Waals surface area contributed by atoms with Gasteiger partial charge in [-0.3, -0.25) is 4.79 Å². The number of rotatable bonds is 4. The minimum absolute atomic E-state index is 0. The molecule has 0 fully saturated rings. The second kappa shape index (κ2) is 14.7. The predicted molar refractivity (Wildman–Crippen MR) is 87.8 cm³/mol. The molecule has 0 amide bonds. The zero-order valence-corrected chi connectivity index (χ0v) is 16.5. The summed E-state index contributed by atoms with van der Waals surface area (Å²) in [5, 5.41) is 16.3. The van der Waals surface area contributed by atoms with Crippen molar-refractivity contribution in [1.82, 2.24) is 4.57 Å². The molecule has 0 aromatic carbocycles. The van der Waals surface area contributed by atoms with Gasteiger partial charge in [0, 0.05) is 13.0 Å². The number of carboxylic acid groups (broad SMARTS) is 1. The fourth-order valence-electron chi connectivity index (χ4n) is 1.68. The molecule has 0 saturated heterocycles. The molecule has 0 radical (unpaired) electrons. The summed E-state index contributed by atoms with van der Waals surface area (Å²) in [6, 6.07) is 3.48. The Hall–Kier alpha value is -1.89. The minimum atomic E-state index is -0.833. The molecule has 0 bridgehead atoms. The highest BCUT2D eigenvalue weighted by Crippen LogP contribution is 1.99. The summed E-state index contributed by atoms with van der Waals surface area (Å²) in [4.78, 5) is 9.00. The van der Waals surface area contributed by atoms with Gasteiger partial charge >= 0.3 is 0 Å². The van der Waals surface area contributed by atoms with E-state index < -0.39 is 5.97 Å². The lowest BCUT2D eigenvalue weighted by atomic mass is 10.3. The van der Waals surface area contributed by atoms with Crippen molar-refractivity contribution >= 4 is 5.97 Å². The number of carboxylic acids is 1. The van der Waals surface area contributed by atoms with Crippen molar-refractivity contribution in [3.63, 3.8) is 0 Å². The van der Waals surface area contributed by atoms with Crippen LogP contribution in [0.5, 0.6) is 5.75 Å². The zero-order valence-electron chi connectivity index (χ0n) is 14.9. The highest BCUT2D eigenvalue weighted by molar-refractivity contribution is 5.62. The number of nitrogens with zero attached hydrogens (tertiary/aromatic N) is 3. The standard InChI is InChI=1S/C8H15N2.C7H9NO.C2H4O2.BrH/c1-3-4-5-10-7-6-9(2)8-10;1-2-8-5-3-4-7(9)6-8;1-2(3)4;/h6-8H,3-5H2,1-2H3;3-6H,2H2,1H3;1H3,(H,3,4);1H/q+1;;;. The first-order valence-corrected chi connectivity index (χ1v) is 7.77. The van der Waals surface area contributed by atoms with Gasteiger partial charge in [-0.2, -0.15) is 0 Å². The number of aliphatic carboxylic acids is 1.